The first-order valence-electron chi connectivity index (χ1n) is 10.4. The number of nitrogens with one attached hydrogen (secondary N) is 1. The largest absolute Gasteiger partial charge is 0.350 e. The summed E-state index contributed by atoms with van der Waals surface area (Å²) in [4.78, 5) is 25.4. The maximum atomic E-state index is 13.1. The number of benzene rings is 1. The smallest absolute Gasteiger partial charge is 0.249 e. The molecular formula is C22H26FN7O. The van der Waals surface area contributed by atoms with Gasteiger partial charge >= 0.3 is 0 Å². The van der Waals surface area contributed by atoms with Gasteiger partial charge in [-0.1, -0.05) is 19.1 Å². The first kappa shape index (κ1) is 20.8. The van der Waals surface area contributed by atoms with Crippen LogP contribution >= 0.6 is 0 Å². The van der Waals surface area contributed by atoms with E-state index >= 15 is 0 Å². The van der Waals surface area contributed by atoms with E-state index in [-0.39, 0.29) is 17.8 Å². The molecule has 0 saturated heterocycles. The van der Waals surface area contributed by atoms with Crippen molar-refractivity contribution >= 4 is 23.4 Å². The topological polar surface area (TPSA) is 79.2 Å². The summed E-state index contributed by atoms with van der Waals surface area (Å²) in [6.45, 7) is 5.62. The van der Waals surface area contributed by atoms with Gasteiger partial charge in [0.2, 0.25) is 11.9 Å². The monoisotopic (exact) mass is 423 g/mol. The summed E-state index contributed by atoms with van der Waals surface area (Å²) in [5, 5.41) is 7.61. The van der Waals surface area contributed by atoms with E-state index in [0.717, 1.165) is 22.6 Å². The number of aromatic nitrogens is 4. The molecule has 1 aliphatic rings. The van der Waals surface area contributed by atoms with E-state index in [0.29, 0.717) is 32.0 Å². The first-order chi connectivity index (χ1) is 15.0. The lowest BCUT2D eigenvalue weighted by Gasteiger charge is -2.39. The lowest BCUT2D eigenvalue weighted by Crippen LogP contribution is -2.52. The maximum absolute atomic E-state index is 13.1. The molecule has 9 heteroatoms. The minimum absolute atomic E-state index is 0.0814. The van der Waals surface area contributed by atoms with Crippen LogP contribution in [-0.2, 0) is 17.9 Å². The van der Waals surface area contributed by atoms with Gasteiger partial charge in [-0.25, -0.2) is 9.37 Å². The minimum Gasteiger partial charge on any atom is -0.350 e. The highest BCUT2D eigenvalue weighted by molar-refractivity contribution is 6.04. The minimum atomic E-state index is -0.249. The highest BCUT2D eigenvalue weighted by Crippen LogP contribution is 2.34. The van der Waals surface area contributed by atoms with Crippen LogP contribution in [-0.4, -0.2) is 45.3 Å². The summed E-state index contributed by atoms with van der Waals surface area (Å²) < 4.78 is 14.9. The number of hydrogen-bond donors (Lipinski definition) is 1. The summed E-state index contributed by atoms with van der Waals surface area (Å²) in [6.07, 6.45) is 6.13. The number of nitrogens with zero attached hydrogens (tertiary/aromatic N) is 6. The molecule has 0 unspecified atom stereocenters. The van der Waals surface area contributed by atoms with Crippen LogP contribution in [0.3, 0.4) is 0 Å². The number of likely N-dealkylation sites (N-methyl/N-ethyl adjacent to an activating group) is 2. The Morgan fingerprint density at radius 1 is 1.13 bits per heavy atom. The molecule has 0 fully saturated rings. The van der Waals surface area contributed by atoms with Crippen molar-refractivity contribution in [2.45, 2.75) is 39.4 Å². The van der Waals surface area contributed by atoms with E-state index in [1.165, 1.54) is 12.1 Å². The second kappa shape index (κ2) is 8.71. The molecule has 2 aromatic heterocycles. The Balaban J connectivity index is 1.45. The van der Waals surface area contributed by atoms with Gasteiger partial charge in [0.25, 0.3) is 0 Å². The summed E-state index contributed by atoms with van der Waals surface area (Å²) in [5.41, 5.74) is 2.69. The highest BCUT2D eigenvalue weighted by Gasteiger charge is 2.36. The molecule has 0 saturated carbocycles. The van der Waals surface area contributed by atoms with Crippen molar-refractivity contribution in [1.82, 2.24) is 19.7 Å². The van der Waals surface area contributed by atoms with Crippen molar-refractivity contribution in [2.75, 3.05) is 28.7 Å². The fourth-order valence-corrected chi connectivity index (χ4v) is 3.83. The van der Waals surface area contributed by atoms with E-state index in [1.54, 1.807) is 29.4 Å². The highest BCUT2D eigenvalue weighted by atomic mass is 19.1. The molecule has 1 atom stereocenters. The van der Waals surface area contributed by atoms with E-state index < -0.39 is 0 Å². The molecule has 0 spiro atoms. The zero-order chi connectivity index (χ0) is 22.0. The van der Waals surface area contributed by atoms with Gasteiger partial charge in [0.05, 0.1) is 18.9 Å². The fraction of sp³-hybridized carbons (Fsp3) is 0.364. The normalized spacial score (nSPS) is 15.9. The van der Waals surface area contributed by atoms with Crippen molar-refractivity contribution in [2.24, 2.45) is 0 Å². The fourth-order valence-electron chi connectivity index (χ4n) is 3.83. The van der Waals surface area contributed by atoms with Gasteiger partial charge < -0.3 is 15.1 Å². The van der Waals surface area contributed by atoms with Crippen LogP contribution in [0.4, 0.5) is 21.8 Å². The van der Waals surface area contributed by atoms with Crippen LogP contribution < -0.4 is 15.1 Å². The molecule has 0 bridgehead atoms. The molecule has 0 aliphatic carbocycles. The van der Waals surface area contributed by atoms with Crippen molar-refractivity contribution in [3.05, 3.63) is 59.8 Å². The van der Waals surface area contributed by atoms with Crippen LogP contribution in [0.25, 0.3) is 0 Å². The molecule has 8 nitrogen and oxygen atoms in total. The standard InChI is InChI=1S/C22H26FN7O/c1-4-18-21(31)30(5-2)19-12-25-22(27-20(19)28(18)3)24-10-16-11-26-29(14-16)13-15-6-8-17(23)9-7-15/h6-9,11-12,14,18H,4-5,10,13H2,1-3H3,(H,24,25,27)/t18-/m0/s1. The average molecular weight is 423 g/mol. The van der Waals surface area contributed by atoms with Gasteiger partial charge in [0.15, 0.2) is 5.82 Å². The molecule has 4 rings (SSSR count). The molecule has 1 aliphatic heterocycles. The predicted molar refractivity (Wildman–Crippen MR) is 118 cm³/mol. The van der Waals surface area contributed by atoms with Crippen LogP contribution in [0.2, 0.25) is 0 Å². The quantitative estimate of drug-likeness (QED) is 0.629. The van der Waals surface area contributed by atoms with Gasteiger partial charge in [0, 0.05) is 31.9 Å². The lowest BCUT2D eigenvalue weighted by atomic mass is 10.1. The Labute approximate surface area is 180 Å². The SMILES string of the molecule is CC[C@H]1C(=O)N(CC)c2cnc(NCc3cnn(Cc4ccc(F)cc4)c3)nc2N1C. The molecule has 0 radical (unpaired) electrons. The van der Waals surface area contributed by atoms with Crippen LogP contribution in [0, 0.1) is 5.82 Å². The van der Waals surface area contributed by atoms with Crippen LogP contribution in [0.5, 0.6) is 0 Å². The zero-order valence-electron chi connectivity index (χ0n) is 17.9. The number of rotatable bonds is 7. The summed E-state index contributed by atoms with van der Waals surface area (Å²) in [6, 6.07) is 6.17. The third-order valence-electron chi connectivity index (χ3n) is 5.49. The van der Waals surface area contributed by atoms with Crippen molar-refractivity contribution in [3.8, 4) is 0 Å². The van der Waals surface area contributed by atoms with E-state index in [9.17, 15) is 9.18 Å². The molecule has 3 heterocycles. The molecule has 1 aromatic carbocycles. The number of fused-ring (bicyclic) bond motifs is 1. The first-order valence-corrected chi connectivity index (χ1v) is 10.4. The molecule has 162 valence electrons. The van der Waals surface area contributed by atoms with Crippen molar-refractivity contribution in [1.29, 1.82) is 0 Å². The Morgan fingerprint density at radius 2 is 1.90 bits per heavy atom. The summed E-state index contributed by atoms with van der Waals surface area (Å²) in [5.74, 6) is 1.08. The second-order valence-corrected chi connectivity index (χ2v) is 7.55. The van der Waals surface area contributed by atoms with E-state index in [1.807, 2.05) is 36.7 Å². The van der Waals surface area contributed by atoms with Gasteiger partial charge in [-0.05, 0) is 31.0 Å². The van der Waals surface area contributed by atoms with Gasteiger partial charge in [-0.15, -0.1) is 0 Å². The Morgan fingerprint density at radius 3 is 2.61 bits per heavy atom. The van der Waals surface area contributed by atoms with Gasteiger partial charge in [-0.2, -0.15) is 10.1 Å². The lowest BCUT2D eigenvalue weighted by molar-refractivity contribution is -0.120. The van der Waals surface area contributed by atoms with E-state index in [2.05, 4.69) is 20.4 Å². The third kappa shape index (κ3) is 4.21. The molecule has 1 N–H and O–H groups in total. The van der Waals surface area contributed by atoms with E-state index in [4.69, 9.17) is 0 Å². The molecular weight excluding hydrogens is 397 g/mol. The van der Waals surface area contributed by atoms with Gasteiger partial charge in [-0.3, -0.25) is 9.48 Å². The van der Waals surface area contributed by atoms with Crippen molar-refractivity contribution in [3.63, 3.8) is 0 Å². The Hall–Kier alpha value is -3.49. The number of amides is 1. The van der Waals surface area contributed by atoms with Crippen LogP contribution in [0.1, 0.15) is 31.4 Å². The molecule has 1 amide bonds. The number of hydrogen-bond acceptors (Lipinski definition) is 6. The van der Waals surface area contributed by atoms with Gasteiger partial charge in [0.1, 0.15) is 17.5 Å². The maximum Gasteiger partial charge on any atom is 0.249 e. The van der Waals surface area contributed by atoms with Crippen molar-refractivity contribution < 1.29 is 9.18 Å². The Bertz CT molecular complexity index is 1070. The summed E-state index contributed by atoms with van der Waals surface area (Å²) in [7, 11) is 1.90. The molecule has 31 heavy (non-hydrogen) atoms. The zero-order valence-corrected chi connectivity index (χ0v) is 17.9. The summed E-state index contributed by atoms with van der Waals surface area (Å²) >= 11 is 0. The second-order valence-electron chi connectivity index (χ2n) is 7.55. The predicted octanol–water partition coefficient (Wildman–Crippen LogP) is 3.05. The molecule has 3 aromatic rings. The van der Waals surface area contributed by atoms with Crippen LogP contribution in [0.15, 0.2) is 42.9 Å². The number of carbonyl (C=O) groups excluding carboxylic acids is 1. The number of carbonyl (C=O) groups is 1. The average Bonchev–Trinajstić information content (AvgIpc) is 3.22. The third-order valence-corrected chi connectivity index (χ3v) is 5.49. The number of halogens is 1. The number of anilines is 3. The Kier molecular flexibility index (Phi) is 5.83.